The first-order valence-corrected chi connectivity index (χ1v) is 6.97. The zero-order valence-electron chi connectivity index (χ0n) is 11.4. The number of aromatic nitrogens is 1. The van der Waals surface area contributed by atoms with E-state index >= 15 is 0 Å². The molecular weight excluding hydrogens is 274 g/mol. The fourth-order valence-corrected chi connectivity index (χ4v) is 2.63. The van der Waals surface area contributed by atoms with Crippen LogP contribution in [-0.4, -0.2) is 18.1 Å². The highest BCUT2D eigenvalue weighted by Crippen LogP contribution is 2.32. The molecule has 0 aliphatic carbocycles. The summed E-state index contributed by atoms with van der Waals surface area (Å²) in [7, 11) is 0. The van der Waals surface area contributed by atoms with E-state index in [1.807, 2.05) is 30.3 Å². The predicted octanol–water partition coefficient (Wildman–Crippen LogP) is 3.09. The topological polar surface area (TPSA) is 34.1 Å². The fraction of sp³-hybridized carbons (Fsp3) is 0.312. The number of nitrogens with zero attached hydrogens (tertiary/aromatic N) is 1. The van der Waals surface area contributed by atoms with Crippen LogP contribution in [0.25, 0.3) is 0 Å². The molecule has 1 aromatic heterocycles. The Kier molecular flexibility index (Phi) is 4.10. The first kappa shape index (κ1) is 13.9. The first-order valence-electron chi connectivity index (χ1n) is 6.97. The normalized spacial score (nSPS) is 19.4. The summed E-state index contributed by atoms with van der Waals surface area (Å²) < 4.78 is 32.1. The lowest BCUT2D eigenvalue weighted by atomic mass is 9.95. The lowest BCUT2D eigenvalue weighted by molar-refractivity contribution is 0.143. The van der Waals surface area contributed by atoms with Gasteiger partial charge < -0.3 is 10.1 Å². The molecule has 2 aromatic rings. The maximum Gasteiger partial charge on any atom is 0.249 e. The molecule has 21 heavy (non-hydrogen) atoms. The smallest absolute Gasteiger partial charge is 0.249 e. The second kappa shape index (κ2) is 6.18. The average molecular weight is 290 g/mol. The predicted molar refractivity (Wildman–Crippen MR) is 74.9 cm³/mol. The summed E-state index contributed by atoms with van der Waals surface area (Å²) in [6.45, 7) is 1.78. The highest BCUT2D eigenvalue weighted by molar-refractivity contribution is 5.23. The van der Waals surface area contributed by atoms with Crippen LogP contribution in [0.5, 0.6) is 5.75 Å². The number of halogens is 2. The molecule has 1 fully saturated rings. The number of rotatable bonds is 4. The van der Waals surface area contributed by atoms with Gasteiger partial charge in [-0.25, -0.2) is 9.37 Å². The van der Waals surface area contributed by atoms with Gasteiger partial charge in [-0.3, -0.25) is 0 Å². The van der Waals surface area contributed by atoms with E-state index in [1.165, 1.54) is 6.20 Å². The van der Waals surface area contributed by atoms with Crippen LogP contribution in [-0.2, 0) is 0 Å². The van der Waals surface area contributed by atoms with Gasteiger partial charge >= 0.3 is 0 Å². The van der Waals surface area contributed by atoms with Gasteiger partial charge in [-0.05, 0) is 18.5 Å². The third kappa shape index (κ3) is 3.19. The van der Waals surface area contributed by atoms with Crippen LogP contribution in [0.2, 0.25) is 0 Å². The Bertz CT molecular complexity index is 600. The molecule has 2 atom stereocenters. The van der Waals surface area contributed by atoms with Crippen LogP contribution in [0.1, 0.15) is 18.1 Å². The Morgan fingerprint density at radius 3 is 2.71 bits per heavy atom. The van der Waals surface area contributed by atoms with E-state index in [4.69, 9.17) is 4.74 Å². The quantitative estimate of drug-likeness (QED) is 0.879. The van der Waals surface area contributed by atoms with Crippen molar-refractivity contribution in [1.82, 2.24) is 10.3 Å². The summed E-state index contributed by atoms with van der Waals surface area (Å²) in [4.78, 5) is 3.37. The van der Waals surface area contributed by atoms with Crippen molar-refractivity contribution in [3.8, 4) is 5.75 Å². The van der Waals surface area contributed by atoms with Gasteiger partial charge in [-0.15, -0.1) is 0 Å². The molecule has 2 heterocycles. The van der Waals surface area contributed by atoms with Crippen molar-refractivity contribution in [3.63, 3.8) is 0 Å². The van der Waals surface area contributed by atoms with Crippen LogP contribution >= 0.6 is 0 Å². The third-order valence-corrected chi connectivity index (χ3v) is 3.69. The molecule has 110 valence electrons. The van der Waals surface area contributed by atoms with Gasteiger partial charge in [0, 0.05) is 18.5 Å². The molecule has 1 aromatic carbocycles. The Hall–Kier alpha value is -2.01. The van der Waals surface area contributed by atoms with Crippen molar-refractivity contribution in [1.29, 1.82) is 0 Å². The van der Waals surface area contributed by atoms with E-state index in [9.17, 15) is 8.78 Å². The van der Waals surface area contributed by atoms with Crippen molar-refractivity contribution >= 4 is 0 Å². The van der Waals surface area contributed by atoms with E-state index in [0.29, 0.717) is 5.92 Å². The summed E-state index contributed by atoms with van der Waals surface area (Å²) >= 11 is 0. The highest BCUT2D eigenvalue weighted by atomic mass is 19.2. The number of benzene rings is 1. The third-order valence-electron chi connectivity index (χ3n) is 3.69. The Morgan fingerprint density at radius 1 is 1.24 bits per heavy atom. The molecule has 1 aliphatic heterocycles. The minimum absolute atomic E-state index is 0.201. The zero-order valence-corrected chi connectivity index (χ0v) is 11.4. The summed E-state index contributed by atoms with van der Waals surface area (Å²) in [6.07, 6.45) is 2.00. The van der Waals surface area contributed by atoms with Gasteiger partial charge in [0.25, 0.3) is 0 Å². The average Bonchev–Trinajstić information content (AvgIpc) is 3.03. The SMILES string of the molecule is Fc1cc(O[C@@H](c2ccccc2)[C@H]2CCNC2)cnc1F. The van der Waals surface area contributed by atoms with Crippen LogP contribution in [0, 0.1) is 17.7 Å². The van der Waals surface area contributed by atoms with Crippen molar-refractivity contribution in [2.45, 2.75) is 12.5 Å². The molecule has 3 rings (SSSR count). The summed E-state index contributed by atoms with van der Waals surface area (Å²) in [6, 6.07) is 10.8. The Labute approximate surface area is 122 Å². The van der Waals surface area contributed by atoms with Crippen molar-refractivity contribution in [2.24, 2.45) is 5.92 Å². The molecule has 1 aliphatic rings. The summed E-state index contributed by atoms with van der Waals surface area (Å²) in [5, 5.41) is 3.30. The largest absolute Gasteiger partial charge is 0.484 e. The maximum atomic E-state index is 13.3. The molecule has 0 amide bonds. The maximum absolute atomic E-state index is 13.3. The van der Waals surface area contributed by atoms with Crippen LogP contribution < -0.4 is 10.1 Å². The van der Waals surface area contributed by atoms with Crippen LogP contribution in [0.3, 0.4) is 0 Å². The Balaban J connectivity index is 1.86. The number of ether oxygens (including phenoxy) is 1. The Morgan fingerprint density at radius 2 is 2.05 bits per heavy atom. The lowest BCUT2D eigenvalue weighted by Gasteiger charge is -2.24. The van der Waals surface area contributed by atoms with Gasteiger partial charge in [0.05, 0.1) is 6.20 Å². The molecular formula is C16H16F2N2O. The zero-order chi connectivity index (χ0) is 14.7. The van der Waals surface area contributed by atoms with Gasteiger partial charge in [0.1, 0.15) is 11.9 Å². The number of hydrogen-bond acceptors (Lipinski definition) is 3. The van der Waals surface area contributed by atoms with E-state index in [1.54, 1.807) is 0 Å². The molecule has 3 nitrogen and oxygen atoms in total. The number of nitrogens with one attached hydrogen (secondary N) is 1. The van der Waals surface area contributed by atoms with Gasteiger partial charge in [0.15, 0.2) is 5.82 Å². The molecule has 0 saturated carbocycles. The molecule has 0 unspecified atom stereocenters. The molecule has 1 N–H and O–H groups in total. The number of pyridine rings is 1. The minimum Gasteiger partial charge on any atom is -0.484 e. The van der Waals surface area contributed by atoms with Crippen molar-refractivity contribution < 1.29 is 13.5 Å². The summed E-state index contributed by atoms with van der Waals surface area (Å²) in [5.74, 6) is -1.57. The minimum atomic E-state index is -1.11. The van der Waals surface area contributed by atoms with Crippen LogP contribution in [0.4, 0.5) is 8.78 Å². The second-order valence-corrected chi connectivity index (χ2v) is 5.15. The molecule has 1 saturated heterocycles. The molecule has 0 bridgehead atoms. The first-order chi connectivity index (χ1) is 10.2. The van der Waals surface area contributed by atoms with Gasteiger partial charge in [0.2, 0.25) is 5.95 Å². The second-order valence-electron chi connectivity index (χ2n) is 5.15. The lowest BCUT2D eigenvalue weighted by Crippen LogP contribution is -2.21. The van der Waals surface area contributed by atoms with Gasteiger partial charge in [-0.1, -0.05) is 30.3 Å². The van der Waals surface area contributed by atoms with E-state index in [-0.39, 0.29) is 11.9 Å². The number of hydrogen-bond donors (Lipinski definition) is 1. The summed E-state index contributed by atoms with van der Waals surface area (Å²) in [5.41, 5.74) is 1.02. The van der Waals surface area contributed by atoms with E-state index in [0.717, 1.165) is 31.1 Å². The standard InChI is InChI=1S/C16H16F2N2O/c17-14-8-13(10-20-16(14)18)21-15(12-6-7-19-9-12)11-4-2-1-3-5-11/h1-5,8,10,12,15,19H,6-7,9H2/t12-,15-/m0/s1. The van der Waals surface area contributed by atoms with E-state index in [2.05, 4.69) is 10.3 Å². The fourth-order valence-electron chi connectivity index (χ4n) is 2.63. The highest BCUT2D eigenvalue weighted by Gasteiger charge is 2.28. The van der Waals surface area contributed by atoms with Crippen molar-refractivity contribution in [3.05, 3.63) is 59.9 Å². The molecule has 0 spiro atoms. The van der Waals surface area contributed by atoms with Gasteiger partial charge in [-0.2, -0.15) is 4.39 Å². The molecule has 0 radical (unpaired) electrons. The van der Waals surface area contributed by atoms with E-state index < -0.39 is 11.8 Å². The monoisotopic (exact) mass is 290 g/mol. The van der Waals surface area contributed by atoms with Crippen LogP contribution in [0.15, 0.2) is 42.6 Å². The van der Waals surface area contributed by atoms with Crippen molar-refractivity contribution in [2.75, 3.05) is 13.1 Å². The molecule has 5 heteroatoms.